The number of ether oxygens (including phenoxy) is 2. The zero-order valence-corrected chi connectivity index (χ0v) is 52.4. The third-order valence-corrected chi connectivity index (χ3v) is 25.8. The number of carbonyl (C=O) groups excluding carboxylic acids is 6. The van der Waals surface area contributed by atoms with Gasteiger partial charge < -0.3 is 41.0 Å². The van der Waals surface area contributed by atoms with Gasteiger partial charge in [0.05, 0.1) is 14.2 Å². The minimum atomic E-state index is -0.947. The van der Waals surface area contributed by atoms with Gasteiger partial charge in [-0.05, 0) is 243 Å². The number of benzene rings is 1. The van der Waals surface area contributed by atoms with Crippen molar-refractivity contribution in [1.29, 1.82) is 0 Å². The monoisotopic (exact) mass is 1210 g/mol. The average molecular weight is 1210 g/mol. The van der Waals surface area contributed by atoms with E-state index in [1.165, 1.54) is 113 Å². The van der Waals surface area contributed by atoms with E-state index >= 15 is 0 Å². The topological polar surface area (TPSA) is 244 Å². The molecule has 6 N–H and O–H groups in total. The minimum absolute atomic E-state index is 0.00266. The van der Waals surface area contributed by atoms with Gasteiger partial charge in [0.2, 0.25) is 23.6 Å². The highest BCUT2D eigenvalue weighted by atomic mass is 33.1. The summed E-state index contributed by atoms with van der Waals surface area (Å²) in [6, 6.07) is 6.46. The van der Waals surface area contributed by atoms with Gasteiger partial charge >= 0.3 is 23.9 Å². The first kappa shape index (κ1) is 62.3. The van der Waals surface area contributed by atoms with Crippen LogP contribution in [0.3, 0.4) is 0 Å². The van der Waals surface area contributed by atoms with E-state index in [1.54, 1.807) is 0 Å². The molecule has 4 amide bonds. The molecule has 1 aromatic carbocycles. The van der Waals surface area contributed by atoms with E-state index in [1.807, 2.05) is 44.2 Å². The maximum absolute atomic E-state index is 13.5. The van der Waals surface area contributed by atoms with Gasteiger partial charge in [0.25, 0.3) is 0 Å². The molecule has 0 saturated heterocycles. The smallest absolute Gasteiger partial charge is 0.329 e. The number of methoxy groups -OCH3 is 2. The molecule has 468 valence electrons. The van der Waals surface area contributed by atoms with E-state index in [-0.39, 0.29) is 51.2 Å². The first-order chi connectivity index (χ1) is 40.6. The Bertz CT molecular complexity index is 2440. The van der Waals surface area contributed by atoms with Crippen molar-refractivity contribution in [1.82, 2.24) is 21.3 Å². The summed E-state index contributed by atoms with van der Waals surface area (Å²) in [5.74, 6) is 6.18. The summed E-state index contributed by atoms with van der Waals surface area (Å²) in [6.07, 6.45) is 27.5. The standard InChI is InChI=1S/C30H44N2O6S2.C20H25NO3.C17H27NO3/c1-37-25(33)23(31-27(35)29-9-17-3-18(10-29)5-19(4-17)11-29)15-39-40-16-24(26(34)38-2)32-28(36)30-12-20-6-21(13-30)8-22(7-20)14-30;22-18(23)17(9-13-4-2-1-3-5-13)21-19(24)20-10-14-6-15(11-20)8-16(7-14)12-20;1-10(2)3-14(15(19)20)18-16(21)17-7-11-4-12(8-17)6-13(5-11)9-17/h17-24H,3-16H2,1-2H3,(H,31,35)(H,32,36);1-5,14-17H,6-12H2,(H,21,24)(H,22,23);10-14H,3-9H2,1-2H3,(H,18,21)(H,19,20)/t;14?,15?,16?,17-,20?;11?,12?,13?,14-,17?/m.00/s1. The van der Waals surface area contributed by atoms with Gasteiger partial charge in [-0.2, -0.15) is 0 Å². The van der Waals surface area contributed by atoms with Gasteiger partial charge in [0.1, 0.15) is 24.2 Å². The molecule has 4 atom stereocenters. The molecule has 16 aliphatic carbocycles. The molecule has 17 rings (SSSR count). The molecule has 16 aliphatic rings. The minimum Gasteiger partial charge on any atom is -0.480 e. The van der Waals surface area contributed by atoms with Crippen LogP contribution in [-0.2, 0) is 54.3 Å². The van der Waals surface area contributed by atoms with E-state index in [0.29, 0.717) is 95.4 Å². The molecular weight excluding hydrogens is 1120 g/mol. The summed E-state index contributed by atoms with van der Waals surface area (Å²) in [4.78, 5) is 101. The number of rotatable bonds is 21. The second kappa shape index (κ2) is 25.6. The molecule has 1 aromatic rings. The number of carboxylic acid groups (broad SMARTS) is 2. The number of amides is 4. The van der Waals surface area contributed by atoms with Crippen LogP contribution < -0.4 is 21.3 Å². The Kier molecular flexibility index (Phi) is 18.8. The van der Waals surface area contributed by atoms with E-state index in [4.69, 9.17) is 9.47 Å². The van der Waals surface area contributed by atoms with E-state index in [0.717, 1.165) is 82.6 Å². The highest BCUT2D eigenvalue weighted by Gasteiger charge is 2.59. The van der Waals surface area contributed by atoms with Crippen LogP contribution in [0.2, 0.25) is 0 Å². The summed E-state index contributed by atoms with van der Waals surface area (Å²) in [7, 11) is 5.51. The van der Waals surface area contributed by atoms with Gasteiger partial charge in [0, 0.05) is 39.6 Å². The lowest BCUT2D eigenvalue weighted by molar-refractivity contribution is -0.152. The average Bonchev–Trinajstić information content (AvgIpc) is 1.31. The fraction of sp³-hybridized carbons (Fsp3) is 0.791. The molecule has 0 spiro atoms. The van der Waals surface area contributed by atoms with Gasteiger partial charge in [-0.1, -0.05) is 65.8 Å². The third kappa shape index (κ3) is 13.8. The number of aliphatic carboxylic acids is 2. The van der Waals surface area contributed by atoms with Crippen LogP contribution in [0, 0.1) is 98.6 Å². The third-order valence-electron chi connectivity index (χ3n) is 23.4. The number of esters is 2. The second-order valence-electron chi connectivity index (χ2n) is 30.5. The summed E-state index contributed by atoms with van der Waals surface area (Å²) in [6.45, 7) is 3.99. The molecule has 16 nitrogen and oxygen atoms in total. The Labute approximate surface area is 511 Å². The molecule has 85 heavy (non-hydrogen) atoms. The van der Waals surface area contributed by atoms with Gasteiger partial charge in [-0.25, -0.2) is 19.2 Å². The van der Waals surface area contributed by atoms with Gasteiger partial charge in [-0.3, -0.25) is 19.2 Å². The molecule has 16 saturated carbocycles. The predicted octanol–water partition coefficient (Wildman–Crippen LogP) is 9.95. The van der Waals surface area contributed by atoms with Crippen LogP contribution in [0.25, 0.3) is 0 Å². The number of carboxylic acids is 2. The molecular formula is C67H96N4O12S2. The first-order valence-corrected chi connectivity index (χ1v) is 35.2. The van der Waals surface area contributed by atoms with Gasteiger partial charge in [-0.15, -0.1) is 0 Å². The summed E-state index contributed by atoms with van der Waals surface area (Å²) < 4.78 is 10.1. The van der Waals surface area contributed by atoms with Crippen molar-refractivity contribution in [2.24, 2.45) is 98.6 Å². The van der Waals surface area contributed by atoms with E-state index < -0.39 is 48.0 Å². The first-order valence-electron chi connectivity index (χ1n) is 32.8. The van der Waals surface area contributed by atoms with Crippen molar-refractivity contribution in [3.8, 4) is 0 Å². The maximum atomic E-state index is 13.5. The normalized spacial score (nSPS) is 38.1. The maximum Gasteiger partial charge on any atom is 0.329 e. The SMILES string of the molecule is CC(C)C[C@H](NC(=O)C12CC3CC(CC(C3)C1)C2)C(=O)O.COC(=O)C(CSSCC(NC(=O)C12CC3CC(CC(C3)C1)C2)C(=O)OC)NC(=O)C12CC3CC(CC(C3)C1)C2.O=C(O)[C@H](Cc1ccccc1)NC(=O)C12CC3CC(CC(C3)C1)C2. The molecule has 16 bridgehead atoms. The molecule has 0 aromatic heterocycles. The Hall–Kier alpha value is -4.32. The zero-order chi connectivity index (χ0) is 60.0. The fourth-order valence-corrected chi connectivity index (χ4v) is 23.7. The van der Waals surface area contributed by atoms with Crippen molar-refractivity contribution in [2.45, 2.75) is 205 Å². The highest BCUT2D eigenvalue weighted by molar-refractivity contribution is 8.76. The Morgan fingerprint density at radius 2 is 0.671 bits per heavy atom. The molecule has 16 fully saturated rings. The number of nitrogens with one attached hydrogen (secondary N) is 4. The van der Waals surface area contributed by atoms with Crippen LogP contribution in [0.1, 0.15) is 180 Å². The lowest BCUT2D eigenvalue weighted by Crippen LogP contribution is -2.57. The van der Waals surface area contributed by atoms with Crippen molar-refractivity contribution < 1.29 is 58.0 Å². The van der Waals surface area contributed by atoms with Crippen molar-refractivity contribution in [3.63, 3.8) is 0 Å². The summed E-state index contributed by atoms with van der Waals surface area (Å²) >= 11 is 0. The van der Waals surface area contributed by atoms with Gasteiger partial charge in [0.15, 0.2) is 0 Å². The van der Waals surface area contributed by atoms with E-state index in [2.05, 4.69) is 21.3 Å². The number of hydrogen-bond donors (Lipinski definition) is 6. The molecule has 0 aliphatic heterocycles. The van der Waals surface area contributed by atoms with Crippen molar-refractivity contribution in [3.05, 3.63) is 35.9 Å². The quantitative estimate of drug-likeness (QED) is 0.0381. The lowest BCUT2D eigenvalue weighted by Gasteiger charge is -2.55. The number of hydrogen-bond acceptors (Lipinski definition) is 12. The Morgan fingerprint density at radius 3 is 0.906 bits per heavy atom. The predicted molar refractivity (Wildman–Crippen MR) is 324 cm³/mol. The lowest BCUT2D eigenvalue weighted by atomic mass is 9.49. The Morgan fingerprint density at radius 1 is 0.424 bits per heavy atom. The highest BCUT2D eigenvalue weighted by Crippen LogP contribution is 2.63. The van der Waals surface area contributed by atoms with Crippen LogP contribution in [-0.4, -0.2) is 108 Å². The molecule has 2 unspecified atom stereocenters. The summed E-state index contributed by atoms with van der Waals surface area (Å²) in [5, 5.41) is 30.7. The van der Waals surface area contributed by atoms with E-state index in [9.17, 15) is 48.6 Å². The van der Waals surface area contributed by atoms with Crippen LogP contribution in [0.4, 0.5) is 0 Å². The molecule has 0 heterocycles. The second-order valence-corrected chi connectivity index (χ2v) is 33.1. The van der Waals surface area contributed by atoms with Crippen molar-refractivity contribution in [2.75, 3.05) is 25.7 Å². The van der Waals surface area contributed by atoms with Crippen LogP contribution in [0.5, 0.6) is 0 Å². The Balaban J connectivity index is 0.000000143. The fourth-order valence-electron chi connectivity index (χ4n) is 21.4. The number of carbonyl (C=O) groups is 8. The van der Waals surface area contributed by atoms with Crippen molar-refractivity contribution >= 4 is 69.1 Å². The summed E-state index contributed by atoms with van der Waals surface area (Å²) in [5.41, 5.74) is -0.277. The largest absolute Gasteiger partial charge is 0.480 e. The van der Waals surface area contributed by atoms with Crippen LogP contribution in [0.15, 0.2) is 30.3 Å². The molecule has 0 radical (unpaired) electrons. The van der Waals surface area contributed by atoms with Crippen LogP contribution >= 0.6 is 21.6 Å². The zero-order valence-electron chi connectivity index (χ0n) is 50.8. The molecule has 18 heteroatoms.